The lowest BCUT2D eigenvalue weighted by Crippen LogP contribution is -2.42. The number of nitrogens with one attached hydrogen (secondary N) is 2. The lowest BCUT2D eigenvalue weighted by atomic mass is 9.92. The molecule has 1 amide bonds. The zero-order valence-electron chi connectivity index (χ0n) is 14.3. The first kappa shape index (κ1) is 17.1. The largest absolute Gasteiger partial charge is 0.355 e. The first-order valence-corrected chi connectivity index (χ1v) is 9.48. The molecule has 24 heavy (non-hydrogen) atoms. The number of nitrogens with zero attached hydrogens (tertiary/aromatic N) is 1. The third-order valence-electron chi connectivity index (χ3n) is 4.52. The van der Waals surface area contributed by atoms with Crippen molar-refractivity contribution in [2.75, 3.05) is 13.1 Å². The van der Waals surface area contributed by atoms with E-state index in [4.69, 9.17) is 4.98 Å². The van der Waals surface area contributed by atoms with Crippen molar-refractivity contribution in [2.45, 2.75) is 39.2 Å². The predicted octanol–water partition coefficient (Wildman–Crippen LogP) is 3.17. The summed E-state index contributed by atoms with van der Waals surface area (Å²) < 4.78 is 0. The van der Waals surface area contributed by atoms with Gasteiger partial charge in [-0.1, -0.05) is 30.3 Å². The molecule has 2 heterocycles. The van der Waals surface area contributed by atoms with Gasteiger partial charge in [0, 0.05) is 35.4 Å². The molecule has 128 valence electrons. The molecule has 2 aromatic rings. The van der Waals surface area contributed by atoms with Gasteiger partial charge in [0.25, 0.3) is 0 Å². The van der Waals surface area contributed by atoms with Crippen LogP contribution in [0, 0.1) is 12.8 Å². The monoisotopic (exact) mass is 343 g/mol. The maximum Gasteiger partial charge on any atom is 0.223 e. The quantitative estimate of drug-likeness (QED) is 0.877. The smallest absolute Gasteiger partial charge is 0.223 e. The second-order valence-electron chi connectivity index (χ2n) is 6.50. The van der Waals surface area contributed by atoms with Gasteiger partial charge in [-0.15, -0.1) is 11.3 Å². The van der Waals surface area contributed by atoms with E-state index in [0.717, 1.165) is 42.1 Å². The number of rotatable bonds is 5. The molecule has 1 aliphatic rings. The standard InChI is InChI=1S/C19H25N3OS/c1-13-12-16(8-10-20-13)19(23)21-11-9-17-22-18(14(2)24-17)15-6-4-3-5-7-15/h3-7,13,16,20H,8-12H2,1-2H3,(H,21,23)/t13-,16-/m0/s1. The Hall–Kier alpha value is -1.72. The van der Waals surface area contributed by atoms with Gasteiger partial charge in [-0.2, -0.15) is 0 Å². The van der Waals surface area contributed by atoms with Crippen LogP contribution in [0.3, 0.4) is 0 Å². The number of hydrogen-bond donors (Lipinski definition) is 2. The van der Waals surface area contributed by atoms with Crippen molar-refractivity contribution in [3.05, 3.63) is 40.2 Å². The van der Waals surface area contributed by atoms with E-state index in [2.05, 4.69) is 36.6 Å². The molecule has 1 aromatic heterocycles. The zero-order valence-corrected chi connectivity index (χ0v) is 15.2. The highest BCUT2D eigenvalue weighted by Crippen LogP contribution is 2.27. The van der Waals surface area contributed by atoms with Gasteiger partial charge < -0.3 is 10.6 Å². The summed E-state index contributed by atoms with van der Waals surface area (Å²) >= 11 is 1.72. The first-order valence-electron chi connectivity index (χ1n) is 8.66. The van der Waals surface area contributed by atoms with Gasteiger partial charge in [0.2, 0.25) is 5.91 Å². The molecule has 1 aromatic carbocycles. The molecular weight excluding hydrogens is 318 g/mol. The molecule has 1 fully saturated rings. The molecule has 2 atom stereocenters. The number of thiazole rings is 1. The third kappa shape index (κ3) is 4.22. The van der Waals surface area contributed by atoms with Crippen molar-refractivity contribution in [1.29, 1.82) is 0 Å². The fraction of sp³-hybridized carbons (Fsp3) is 0.474. The van der Waals surface area contributed by atoms with Crippen LogP contribution in [-0.2, 0) is 11.2 Å². The van der Waals surface area contributed by atoms with Gasteiger partial charge in [0.05, 0.1) is 10.7 Å². The van der Waals surface area contributed by atoms with Gasteiger partial charge in [-0.05, 0) is 33.2 Å². The Kier molecular flexibility index (Phi) is 5.63. The molecule has 0 spiro atoms. The number of hydrogen-bond acceptors (Lipinski definition) is 4. The summed E-state index contributed by atoms with van der Waals surface area (Å²) in [7, 11) is 0. The Bertz CT molecular complexity index is 683. The normalized spacial score (nSPS) is 20.8. The van der Waals surface area contributed by atoms with Gasteiger partial charge in [0.15, 0.2) is 0 Å². The average molecular weight is 343 g/mol. The molecule has 1 aliphatic heterocycles. The Morgan fingerprint density at radius 3 is 2.92 bits per heavy atom. The fourth-order valence-corrected chi connectivity index (χ4v) is 4.18. The number of carbonyl (C=O) groups excluding carboxylic acids is 1. The van der Waals surface area contributed by atoms with E-state index in [1.807, 2.05) is 18.2 Å². The highest BCUT2D eigenvalue weighted by molar-refractivity contribution is 7.12. The molecule has 1 saturated heterocycles. The molecular formula is C19H25N3OS. The topological polar surface area (TPSA) is 54.0 Å². The van der Waals surface area contributed by atoms with E-state index in [9.17, 15) is 4.79 Å². The van der Waals surface area contributed by atoms with E-state index in [0.29, 0.717) is 12.6 Å². The summed E-state index contributed by atoms with van der Waals surface area (Å²) in [6.45, 7) is 5.85. The highest BCUT2D eigenvalue weighted by Gasteiger charge is 2.24. The van der Waals surface area contributed by atoms with Crippen LogP contribution in [0.15, 0.2) is 30.3 Å². The summed E-state index contributed by atoms with van der Waals surface area (Å²) in [5.74, 6) is 0.346. The highest BCUT2D eigenvalue weighted by atomic mass is 32.1. The summed E-state index contributed by atoms with van der Waals surface area (Å²) in [6, 6.07) is 10.7. The lowest BCUT2D eigenvalue weighted by molar-refractivity contribution is -0.126. The Labute approximate surface area is 147 Å². The summed E-state index contributed by atoms with van der Waals surface area (Å²) in [5, 5.41) is 7.56. The van der Waals surface area contributed by atoms with Crippen LogP contribution < -0.4 is 10.6 Å². The van der Waals surface area contributed by atoms with E-state index in [1.54, 1.807) is 11.3 Å². The van der Waals surface area contributed by atoms with Crippen molar-refractivity contribution < 1.29 is 4.79 Å². The average Bonchev–Trinajstić information content (AvgIpc) is 2.96. The minimum atomic E-state index is 0.152. The number of aryl methyl sites for hydroxylation is 1. The van der Waals surface area contributed by atoms with Crippen LogP contribution in [0.25, 0.3) is 11.3 Å². The Morgan fingerprint density at radius 2 is 2.17 bits per heavy atom. The van der Waals surface area contributed by atoms with E-state index >= 15 is 0 Å². The maximum absolute atomic E-state index is 12.3. The molecule has 0 unspecified atom stereocenters. The van der Waals surface area contributed by atoms with Crippen LogP contribution in [0.5, 0.6) is 0 Å². The number of piperidine rings is 1. The minimum Gasteiger partial charge on any atom is -0.355 e. The Morgan fingerprint density at radius 1 is 1.38 bits per heavy atom. The number of aromatic nitrogens is 1. The molecule has 2 N–H and O–H groups in total. The van der Waals surface area contributed by atoms with Crippen molar-refractivity contribution in [2.24, 2.45) is 5.92 Å². The van der Waals surface area contributed by atoms with Gasteiger partial charge >= 0.3 is 0 Å². The zero-order chi connectivity index (χ0) is 16.9. The fourth-order valence-electron chi connectivity index (χ4n) is 3.23. The third-order valence-corrected chi connectivity index (χ3v) is 5.55. The Balaban J connectivity index is 1.53. The van der Waals surface area contributed by atoms with Crippen LogP contribution >= 0.6 is 11.3 Å². The molecule has 0 bridgehead atoms. The number of amides is 1. The van der Waals surface area contributed by atoms with Crippen LogP contribution in [-0.4, -0.2) is 30.0 Å². The molecule has 0 radical (unpaired) electrons. The van der Waals surface area contributed by atoms with Gasteiger partial charge in [-0.25, -0.2) is 4.98 Å². The van der Waals surface area contributed by atoms with E-state index in [1.165, 1.54) is 4.88 Å². The SMILES string of the molecule is Cc1sc(CCNC(=O)[C@H]2CCN[C@@H](C)C2)nc1-c1ccccc1. The molecule has 5 heteroatoms. The predicted molar refractivity (Wildman–Crippen MR) is 99.2 cm³/mol. The van der Waals surface area contributed by atoms with Crippen molar-refractivity contribution in [3.8, 4) is 11.3 Å². The number of carbonyl (C=O) groups is 1. The van der Waals surface area contributed by atoms with Crippen LogP contribution in [0.2, 0.25) is 0 Å². The van der Waals surface area contributed by atoms with Crippen LogP contribution in [0.4, 0.5) is 0 Å². The van der Waals surface area contributed by atoms with Crippen molar-refractivity contribution in [1.82, 2.24) is 15.6 Å². The maximum atomic E-state index is 12.3. The molecule has 3 rings (SSSR count). The first-order chi connectivity index (χ1) is 11.6. The summed E-state index contributed by atoms with van der Waals surface area (Å²) in [6.07, 6.45) is 2.66. The second kappa shape index (κ2) is 7.90. The number of benzene rings is 1. The molecule has 4 nitrogen and oxygen atoms in total. The van der Waals surface area contributed by atoms with Crippen molar-refractivity contribution >= 4 is 17.2 Å². The molecule has 0 saturated carbocycles. The van der Waals surface area contributed by atoms with Gasteiger partial charge in [0.1, 0.15) is 0 Å². The van der Waals surface area contributed by atoms with E-state index in [-0.39, 0.29) is 11.8 Å². The van der Waals surface area contributed by atoms with E-state index < -0.39 is 0 Å². The van der Waals surface area contributed by atoms with Crippen LogP contribution in [0.1, 0.15) is 29.7 Å². The lowest BCUT2D eigenvalue weighted by Gasteiger charge is -2.27. The van der Waals surface area contributed by atoms with Crippen molar-refractivity contribution in [3.63, 3.8) is 0 Å². The summed E-state index contributed by atoms with van der Waals surface area (Å²) in [4.78, 5) is 18.3. The minimum absolute atomic E-state index is 0.152. The summed E-state index contributed by atoms with van der Waals surface area (Å²) in [5.41, 5.74) is 2.22. The molecule has 0 aliphatic carbocycles. The second-order valence-corrected chi connectivity index (χ2v) is 7.78. The van der Waals surface area contributed by atoms with Gasteiger partial charge in [-0.3, -0.25) is 4.79 Å².